The van der Waals surface area contributed by atoms with E-state index < -0.39 is 0 Å². The highest BCUT2D eigenvalue weighted by molar-refractivity contribution is 5.46. The fourth-order valence-corrected chi connectivity index (χ4v) is 2.02. The molecule has 108 valence electrons. The molecule has 0 aliphatic heterocycles. The van der Waals surface area contributed by atoms with Crippen LogP contribution in [-0.4, -0.2) is 23.8 Å². The molecule has 3 nitrogen and oxygen atoms in total. The van der Waals surface area contributed by atoms with Gasteiger partial charge in [0.25, 0.3) is 0 Å². The maximum Gasteiger partial charge on any atom is 0.143 e. The normalized spacial score (nSPS) is 12.6. The lowest BCUT2D eigenvalue weighted by Gasteiger charge is -2.17. The van der Waals surface area contributed by atoms with Gasteiger partial charge >= 0.3 is 0 Å². The number of nitrogens with one attached hydrogen (secondary N) is 1. The SMILES string of the molecule is CC(CNC(C)C)COc1ccccc1-n1cccc1. The van der Waals surface area contributed by atoms with Gasteiger partial charge in [0.1, 0.15) is 5.75 Å². The molecule has 1 atom stereocenters. The van der Waals surface area contributed by atoms with Crippen LogP contribution in [-0.2, 0) is 0 Å². The molecule has 0 saturated carbocycles. The molecule has 1 aromatic heterocycles. The van der Waals surface area contributed by atoms with Gasteiger partial charge in [0.2, 0.25) is 0 Å². The van der Waals surface area contributed by atoms with E-state index in [2.05, 4.69) is 36.7 Å². The van der Waals surface area contributed by atoms with Crippen molar-refractivity contribution in [3.8, 4) is 11.4 Å². The third-order valence-corrected chi connectivity index (χ3v) is 3.15. The van der Waals surface area contributed by atoms with Crippen LogP contribution in [0.25, 0.3) is 5.69 Å². The Hall–Kier alpha value is -1.74. The average molecular weight is 272 g/mol. The van der Waals surface area contributed by atoms with Crippen molar-refractivity contribution in [2.75, 3.05) is 13.2 Å². The van der Waals surface area contributed by atoms with Crippen LogP contribution in [0.5, 0.6) is 5.75 Å². The Morgan fingerprint density at radius 2 is 1.75 bits per heavy atom. The summed E-state index contributed by atoms with van der Waals surface area (Å²) in [7, 11) is 0. The van der Waals surface area contributed by atoms with Crippen LogP contribution in [0.3, 0.4) is 0 Å². The molecule has 1 unspecified atom stereocenters. The lowest BCUT2D eigenvalue weighted by Crippen LogP contribution is -2.30. The lowest BCUT2D eigenvalue weighted by molar-refractivity contribution is 0.252. The van der Waals surface area contributed by atoms with Crippen LogP contribution in [0.2, 0.25) is 0 Å². The first-order valence-corrected chi connectivity index (χ1v) is 7.25. The van der Waals surface area contributed by atoms with Crippen LogP contribution in [0.15, 0.2) is 48.8 Å². The quantitative estimate of drug-likeness (QED) is 0.835. The van der Waals surface area contributed by atoms with Crippen molar-refractivity contribution in [3.05, 3.63) is 48.8 Å². The van der Waals surface area contributed by atoms with E-state index in [9.17, 15) is 0 Å². The van der Waals surface area contributed by atoms with Crippen molar-refractivity contribution in [1.29, 1.82) is 0 Å². The summed E-state index contributed by atoms with van der Waals surface area (Å²) in [5.74, 6) is 1.41. The smallest absolute Gasteiger partial charge is 0.143 e. The van der Waals surface area contributed by atoms with Crippen molar-refractivity contribution in [1.82, 2.24) is 9.88 Å². The molecule has 3 heteroatoms. The summed E-state index contributed by atoms with van der Waals surface area (Å²) in [5, 5.41) is 3.44. The zero-order chi connectivity index (χ0) is 14.4. The highest BCUT2D eigenvalue weighted by Crippen LogP contribution is 2.22. The van der Waals surface area contributed by atoms with E-state index in [0.29, 0.717) is 12.0 Å². The number of aromatic nitrogens is 1. The molecule has 0 radical (unpaired) electrons. The summed E-state index contributed by atoms with van der Waals surface area (Å²) in [6.07, 6.45) is 4.07. The fourth-order valence-electron chi connectivity index (χ4n) is 2.02. The zero-order valence-electron chi connectivity index (χ0n) is 12.5. The summed E-state index contributed by atoms with van der Waals surface area (Å²) in [4.78, 5) is 0. The number of hydrogen-bond donors (Lipinski definition) is 1. The van der Waals surface area contributed by atoms with E-state index in [1.807, 2.05) is 42.7 Å². The van der Waals surface area contributed by atoms with Gasteiger partial charge in [-0.1, -0.05) is 32.9 Å². The van der Waals surface area contributed by atoms with Gasteiger partial charge in [0.15, 0.2) is 0 Å². The highest BCUT2D eigenvalue weighted by atomic mass is 16.5. The molecule has 0 saturated heterocycles. The predicted octanol–water partition coefficient (Wildman–Crippen LogP) is 3.49. The number of nitrogens with zero attached hydrogens (tertiary/aromatic N) is 1. The van der Waals surface area contributed by atoms with Crippen molar-refractivity contribution in [2.45, 2.75) is 26.8 Å². The minimum atomic E-state index is 0.482. The number of hydrogen-bond acceptors (Lipinski definition) is 2. The third-order valence-electron chi connectivity index (χ3n) is 3.15. The van der Waals surface area contributed by atoms with Gasteiger partial charge in [-0.3, -0.25) is 0 Å². The molecule has 0 spiro atoms. The largest absolute Gasteiger partial charge is 0.491 e. The van der Waals surface area contributed by atoms with Crippen LogP contribution in [0.1, 0.15) is 20.8 Å². The van der Waals surface area contributed by atoms with E-state index in [4.69, 9.17) is 4.74 Å². The Kier molecular flexibility index (Phi) is 5.24. The van der Waals surface area contributed by atoms with Gasteiger partial charge in [0.05, 0.1) is 12.3 Å². The van der Waals surface area contributed by atoms with Gasteiger partial charge < -0.3 is 14.6 Å². The van der Waals surface area contributed by atoms with Crippen molar-refractivity contribution in [3.63, 3.8) is 0 Å². The van der Waals surface area contributed by atoms with Crippen LogP contribution >= 0.6 is 0 Å². The topological polar surface area (TPSA) is 26.2 Å². The predicted molar refractivity (Wildman–Crippen MR) is 83.6 cm³/mol. The van der Waals surface area contributed by atoms with Crippen LogP contribution in [0.4, 0.5) is 0 Å². The molecule has 0 aliphatic carbocycles. The fraction of sp³-hybridized carbons (Fsp3) is 0.412. The highest BCUT2D eigenvalue weighted by Gasteiger charge is 2.08. The molecule has 2 rings (SSSR count). The van der Waals surface area contributed by atoms with Crippen LogP contribution in [0, 0.1) is 5.92 Å². The molecule has 0 aliphatic rings. The maximum atomic E-state index is 5.99. The molecule has 0 bridgehead atoms. The van der Waals surface area contributed by atoms with Gasteiger partial charge in [-0.2, -0.15) is 0 Å². The van der Waals surface area contributed by atoms with E-state index in [1.165, 1.54) is 0 Å². The first-order valence-electron chi connectivity index (χ1n) is 7.25. The van der Waals surface area contributed by atoms with Gasteiger partial charge in [-0.05, 0) is 24.3 Å². The molecule has 0 amide bonds. The third kappa shape index (κ3) is 4.14. The second-order valence-electron chi connectivity index (χ2n) is 5.54. The Bertz CT molecular complexity index is 505. The number of rotatable bonds is 7. The Morgan fingerprint density at radius 3 is 2.45 bits per heavy atom. The summed E-state index contributed by atoms with van der Waals surface area (Å²) >= 11 is 0. The van der Waals surface area contributed by atoms with Crippen molar-refractivity contribution < 1.29 is 4.74 Å². The van der Waals surface area contributed by atoms with E-state index >= 15 is 0 Å². The lowest BCUT2D eigenvalue weighted by atomic mass is 10.2. The Balaban J connectivity index is 1.96. The van der Waals surface area contributed by atoms with Crippen LogP contribution < -0.4 is 10.1 Å². The number of para-hydroxylation sites is 2. The van der Waals surface area contributed by atoms with Gasteiger partial charge in [-0.25, -0.2) is 0 Å². The second-order valence-corrected chi connectivity index (χ2v) is 5.54. The molecule has 2 aromatic rings. The summed E-state index contributed by atoms with van der Waals surface area (Å²) in [5.41, 5.74) is 1.08. The molecule has 20 heavy (non-hydrogen) atoms. The van der Waals surface area contributed by atoms with Crippen molar-refractivity contribution >= 4 is 0 Å². The van der Waals surface area contributed by atoms with Crippen molar-refractivity contribution in [2.24, 2.45) is 5.92 Å². The van der Waals surface area contributed by atoms with E-state index in [-0.39, 0.29) is 0 Å². The molecule has 0 fully saturated rings. The average Bonchev–Trinajstić information content (AvgIpc) is 2.97. The summed E-state index contributed by atoms with van der Waals surface area (Å²) in [6, 6.07) is 12.7. The zero-order valence-corrected chi connectivity index (χ0v) is 12.5. The number of benzene rings is 1. The second kappa shape index (κ2) is 7.15. The minimum Gasteiger partial charge on any atom is -0.491 e. The number of ether oxygens (including phenoxy) is 1. The first-order chi connectivity index (χ1) is 9.66. The molecule has 1 N–H and O–H groups in total. The van der Waals surface area contributed by atoms with Gasteiger partial charge in [0, 0.05) is 30.9 Å². The molecular weight excluding hydrogens is 248 g/mol. The monoisotopic (exact) mass is 272 g/mol. The standard InChI is InChI=1S/C17H24N2O/c1-14(2)18-12-15(3)13-20-17-9-5-4-8-16(17)19-10-6-7-11-19/h4-11,14-15,18H,12-13H2,1-3H3. The Labute approximate surface area is 121 Å². The Morgan fingerprint density at radius 1 is 1.05 bits per heavy atom. The molecule has 1 heterocycles. The summed E-state index contributed by atoms with van der Waals surface area (Å²) < 4.78 is 8.07. The summed E-state index contributed by atoms with van der Waals surface area (Å²) in [6.45, 7) is 8.22. The molecular formula is C17H24N2O. The van der Waals surface area contributed by atoms with Gasteiger partial charge in [-0.15, -0.1) is 0 Å². The first kappa shape index (κ1) is 14.7. The van der Waals surface area contributed by atoms with E-state index in [0.717, 1.165) is 24.6 Å². The minimum absolute atomic E-state index is 0.482. The molecule has 1 aromatic carbocycles. The maximum absolute atomic E-state index is 5.99. The van der Waals surface area contributed by atoms with E-state index in [1.54, 1.807) is 0 Å².